The summed E-state index contributed by atoms with van der Waals surface area (Å²) in [5.74, 6) is -0.320. The van der Waals surface area contributed by atoms with Gasteiger partial charge in [0.15, 0.2) is 0 Å². The summed E-state index contributed by atoms with van der Waals surface area (Å²) in [6, 6.07) is 4.31. The number of nitrogens with one attached hydrogen (secondary N) is 2. The van der Waals surface area contributed by atoms with E-state index in [1.54, 1.807) is 25.7 Å². The molecule has 7 heteroatoms. The maximum atomic E-state index is 14.1. The van der Waals surface area contributed by atoms with E-state index in [1.807, 2.05) is 52.8 Å². The van der Waals surface area contributed by atoms with Crippen molar-refractivity contribution in [3.63, 3.8) is 0 Å². The van der Waals surface area contributed by atoms with Crippen LogP contribution in [-0.2, 0) is 14.3 Å². The van der Waals surface area contributed by atoms with Gasteiger partial charge in [-0.3, -0.25) is 9.59 Å². The van der Waals surface area contributed by atoms with E-state index in [1.165, 1.54) is 0 Å². The van der Waals surface area contributed by atoms with E-state index in [9.17, 15) is 14.4 Å². The highest BCUT2D eigenvalue weighted by atomic mass is 16.6. The van der Waals surface area contributed by atoms with Gasteiger partial charge in [-0.05, 0) is 83.4 Å². The summed E-state index contributed by atoms with van der Waals surface area (Å²) in [6.45, 7) is 20.0. The van der Waals surface area contributed by atoms with Crippen LogP contribution in [0.4, 0.5) is 4.79 Å². The summed E-state index contributed by atoms with van der Waals surface area (Å²) in [6.07, 6.45) is 3.21. The molecule has 0 heterocycles. The third-order valence-corrected chi connectivity index (χ3v) is 6.25. The van der Waals surface area contributed by atoms with E-state index < -0.39 is 23.8 Å². The summed E-state index contributed by atoms with van der Waals surface area (Å²) in [4.78, 5) is 42.3. The smallest absolute Gasteiger partial charge is 0.408 e. The van der Waals surface area contributed by atoms with Crippen molar-refractivity contribution in [2.75, 3.05) is 6.54 Å². The molecule has 0 saturated carbocycles. The maximum absolute atomic E-state index is 14.1. The Bertz CT molecular complexity index is 891. The van der Waals surface area contributed by atoms with Crippen LogP contribution in [0.3, 0.4) is 0 Å². The van der Waals surface area contributed by atoms with Crippen molar-refractivity contribution in [2.45, 2.75) is 125 Å². The second-order valence-corrected chi connectivity index (χ2v) is 11.7. The van der Waals surface area contributed by atoms with E-state index in [0.29, 0.717) is 13.0 Å². The largest absolute Gasteiger partial charge is 0.444 e. The molecule has 1 aromatic carbocycles. The minimum Gasteiger partial charge on any atom is -0.444 e. The molecule has 210 valence electrons. The third-order valence-electron chi connectivity index (χ3n) is 6.25. The molecule has 0 bridgehead atoms. The molecule has 3 atom stereocenters. The molecule has 0 aliphatic heterocycles. The molecule has 1 aromatic rings. The molecule has 0 spiro atoms. The van der Waals surface area contributed by atoms with Crippen molar-refractivity contribution >= 4 is 17.9 Å². The van der Waals surface area contributed by atoms with Crippen LogP contribution in [0.1, 0.15) is 110 Å². The fourth-order valence-corrected chi connectivity index (χ4v) is 4.27. The van der Waals surface area contributed by atoms with Crippen molar-refractivity contribution < 1.29 is 19.1 Å². The van der Waals surface area contributed by atoms with Gasteiger partial charge in [-0.1, -0.05) is 58.7 Å². The van der Waals surface area contributed by atoms with Crippen molar-refractivity contribution in [1.82, 2.24) is 15.5 Å². The van der Waals surface area contributed by atoms with E-state index >= 15 is 0 Å². The van der Waals surface area contributed by atoms with Crippen LogP contribution in [0.15, 0.2) is 18.2 Å². The average molecular weight is 518 g/mol. The molecule has 0 aromatic heterocycles. The minimum absolute atomic E-state index is 0.0129. The highest BCUT2D eigenvalue weighted by molar-refractivity contribution is 5.92. The number of rotatable bonds is 13. The summed E-state index contributed by atoms with van der Waals surface area (Å²) < 4.78 is 5.46. The van der Waals surface area contributed by atoms with Gasteiger partial charge in [-0.25, -0.2) is 4.79 Å². The molecule has 0 aliphatic rings. The van der Waals surface area contributed by atoms with Gasteiger partial charge in [0.2, 0.25) is 11.8 Å². The van der Waals surface area contributed by atoms with Gasteiger partial charge >= 0.3 is 6.09 Å². The molecule has 0 fully saturated rings. The van der Waals surface area contributed by atoms with Crippen LogP contribution < -0.4 is 10.6 Å². The zero-order valence-corrected chi connectivity index (χ0v) is 24.9. The molecular formula is C30H51N3O4. The normalized spacial score (nSPS) is 14.0. The second-order valence-electron chi connectivity index (χ2n) is 11.7. The molecule has 0 radical (unpaired) electrons. The lowest BCUT2D eigenvalue weighted by Gasteiger charge is -2.35. The zero-order chi connectivity index (χ0) is 28.3. The molecule has 1 rings (SSSR count). The topological polar surface area (TPSA) is 87.7 Å². The molecule has 7 nitrogen and oxygen atoms in total. The molecule has 3 amide bonds. The lowest BCUT2D eigenvalue weighted by atomic mass is 9.96. The third kappa shape index (κ3) is 11.1. The predicted octanol–water partition coefficient (Wildman–Crippen LogP) is 6.22. The zero-order valence-electron chi connectivity index (χ0n) is 24.9. The summed E-state index contributed by atoms with van der Waals surface area (Å²) >= 11 is 0. The quantitative estimate of drug-likeness (QED) is 0.325. The van der Waals surface area contributed by atoms with Crippen LogP contribution in [0, 0.1) is 19.8 Å². The molecule has 3 unspecified atom stereocenters. The van der Waals surface area contributed by atoms with E-state index in [4.69, 9.17) is 4.74 Å². The average Bonchev–Trinajstić information content (AvgIpc) is 2.76. The molecular weight excluding hydrogens is 466 g/mol. The van der Waals surface area contributed by atoms with E-state index in [0.717, 1.165) is 42.4 Å². The summed E-state index contributed by atoms with van der Waals surface area (Å²) in [5, 5.41) is 5.94. The number of carbonyl (C=O) groups excluding carboxylic acids is 3. The lowest BCUT2D eigenvalue weighted by molar-refractivity contribution is -0.143. The Hall–Kier alpha value is -2.57. The van der Waals surface area contributed by atoms with E-state index in [2.05, 4.69) is 24.5 Å². The van der Waals surface area contributed by atoms with Crippen molar-refractivity contribution in [3.8, 4) is 0 Å². The minimum atomic E-state index is -0.804. The van der Waals surface area contributed by atoms with Crippen LogP contribution in [0.5, 0.6) is 0 Å². The highest BCUT2D eigenvalue weighted by Gasteiger charge is 2.36. The van der Waals surface area contributed by atoms with Gasteiger partial charge in [0.1, 0.15) is 17.7 Å². The van der Waals surface area contributed by atoms with Crippen LogP contribution in [0.25, 0.3) is 0 Å². The summed E-state index contributed by atoms with van der Waals surface area (Å²) in [7, 11) is 0. The fraction of sp³-hybridized carbons (Fsp3) is 0.700. The number of benzene rings is 1. The number of alkyl carbamates (subject to hydrolysis) is 1. The van der Waals surface area contributed by atoms with Crippen LogP contribution >= 0.6 is 0 Å². The number of nitrogens with zero attached hydrogens (tertiary/aromatic N) is 1. The molecule has 0 aliphatic carbocycles. The fourth-order valence-electron chi connectivity index (χ4n) is 4.27. The number of aryl methyl sites for hydroxylation is 2. The van der Waals surface area contributed by atoms with E-state index in [-0.39, 0.29) is 23.8 Å². The van der Waals surface area contributed by atoms with Gasteiger partial charge in [0.05, 0.1) is 0 Å². The van der Waals surface area contributed by atoms with Crippen molar-refractivity contribution in [3.05, 3.63) is 34.9 Å². The monoisotopic (exact) mass is 517 g/mol. The van der Waals surface area contributed by atoms with Crippen molar-refractivity contribution in [2.24, 2.45) is 5.92 Å². The lowest BCUT2D eigenvalue weighted by Crippen LogP contribution is -2.54. The maximum Gasteiger partial charge on any atom is 0.408 e. The predicted molar refractivity (Wildman–Crippen MR) is 150 cm³/mol. The van der Waals surface area contributed by atoms with Gasteiger partial charge < -0.3 is 20.3 Å². The number of amides is 3. The van der Waals surface area contributed by atoms with Crippen LogP contribution in [-0.4, -0.2) is 47.0 Å². The van der Waals surface area contributed by atoms with Gasteiger partial charge in [-0.2, -0.15) is 0 Å². The van der Waals surface area contributed by atoms with Crippen molar-refractivity contribution in [1.29, 1.82) is 0 Å². The Labute approximate surface area is 225 Å². The van der Waals surface area contributed by atoms with Gasteiger partial charge in [0, 0.05) is 12.6 Å². The molecule has 0 saturated heterocycles. The number of unbranched alkanes of at least 4 members (excludes halogenated alkanes) is 1. The number of carbonyl (C=O) groups is 3. The number of ether oxygens (including phenoxy) is 1. The molecule has 2 N–H and O–H groups in total. The SMILES string of the molecule is CCCCN(C(=O)C(CC(C)C)NC(=O)OC(C)(C)C)C(C(=O)NC(C)CCC)c1ccc(C)c(C)c1. The Morgan fingerprint density at radius 2 is 1.62 bits per heavy atom. The first-order chi connectivity index (χ1) is 17.2. The summed E-state index contributed by atoms with van der Waals surface area (Å²) in [5.41, 5.74) is 2.27. The Balaban J connectivity index is 3.52. The second kappa shape index (κ2) is 15.0. The van der Waals surface area contributed by atoms with Gasteiger partial charge in [0.25, 0.3) is 0 Å². The Kier molecular flexibility index (Phi) is 13.2. The standard InChI is InChI=1S/C30H51N3O4/c1-11-13-17-33(28(35)25(18-20(3)4)32-29(36)37-30(8,9)10)26(27(34)31-23(7)14-12-2)24-16-15-21(5)22(6)19-24/h15-16,19-20,23,25-26H,11-14,17-18H2,1-10H3,(H,31,34)(H,32,36). The Morgan fingerprint density at radius 1 is 0.973 bits per heavy atom. The first kappa shape index (κ1) is 32.5. The Morgan fingerprint density at radius 3 is 2.14 bits per heavy atom. The molecule has 37 heavy (non-hydrogen) atoms. The number of hydrogen-bond donors (Lipinski definition) is 2. The number of hydrogen-bond acceptors (Lipinski definition) is 4. The van der Waals surface area contributed by atoms with Gasteiger partial charge in [-0.15, -0.1) is 0 Å². The van der Waals surface area contributed by atoms with Crippen LogP contribution in [0.2, 0.25) is 0 Å². The first-order valence-corrected chi connectivity index (χ1v) is 13.9. The first-order valence-electron chi connectivity index (χ1n) is 13.9. The highest BCUT2D eigenvalue weighted by Crippen LogP contribution is 2.26.